The van der Waals surface area contributed by atoms with Crippen LogP contribution in [-0.2, 0) is 0 Å². The number of pyridine rings is 1. The Morgan fingerprint density at radius 1 is 0.444 bits per heavy atom. The Labute approximate surface area is 258 Å². The van der Waals surface area contributed by atoms with Crippen LogP contribution in [0.3, 0.4) is 0 Å². The average molecular weight is 577 g/mol. The van der Waals surface area contributed by atoms with E-state index in [9.17, 15) is 0 Å². The molecule has 0 aliphatic rings. The van der Waals surface area contributed by atoms with Gasteiger partial charge in [0.05, 0.1) is 27.9 Å². The fourth-order valence-corrected chi connectivity index (χ4v) is 6.13. The van der Waals surface area contributed by atoms with Crippen LogP contribution in [-0.4, -0.2) is 19.9 Å². The fourth-order valence-electron chi connectivity index (χ4n) is 6.13. The molecule has 0 radical (unpaired) electrons. The number of hydrogen-bond acceptors (Lipinski definition) is 5. The van der Waals surface area contributed by atoms with Gasteiger partial charge in [-0.05, 0) is 65.0 Å². The van der Waals surface area contributed by atoms with Crippen molar-refractivity contribution >= 4 is 43.8 Å². The third-order valence-electron chi connectivity index (χ3n) is 8.35. The molecule has 6 aromatic carbocycles. The minimum Gasteiger partial charge on any atom is -0.436 e. The van der Waals surface area contributed by atoms with Crippen LogP contribution in [0.2, 0.25) is 0 Å². The van der Waals surface area contributed by atoms with Crippen LogP contribution < -0.4 is 0 Å². The minimum atomic E-state index is 0.597. The van der Waals surface area contributed by atoms with Crippen LogP contribution in [0.1, 0.15) is 0 Å². The third kappa shape index (κ3) is 4.33. The van der Waals surface area contributed by atoms with E-state index >= 15 is 0 Å². The number of hydrogen-bond donors (Lipinski definition) is 0. The van der Waals surface area contributed by atoms with Crippen molar-refractivity contribution < 1.29 is 4.42 Å². The molecule has 0 aliphatic heterocycles. The highest BCUT2D eigenvalue weighted by atomic mass is 16.3. The molecule has 9 rings (SSSR count). The van der Waals surface area contributed by atoms with Gasteiger partial charge in [0, 0.05) is 33.7 Å². The molecule has 0 unspecified atom stereocenters. The molecule has 0 aliphatic carbocycles. The molecule has 45 heavy (non-hydrogen) atoms. The van der Waals surface area contributed by atoms with Crippen LogP contribution in [0, 0.1) is 0 Å². The van der Waals surface area contributed by atoms with Gasteiger partial charge in [0.25, 0.3) is 0 Å². The molecule has 0 saturated carbocycles. The molecule has 5 heteroatoms. The predicted octanol–water partition coefficient (Wildman–Crippen LogP) is 10.1. The van der Waals surface area contributed by atoms with Gasteiger partial charge in [0.1, 0.15) is 5.52 Å². The summed E-state index contributed by atoms with van der Waals surface area (Å²) in [6.07, 6.45) is 1.86. The summed E-state index contributed by atoms with van der Waals surface area (Å²) in [6, 6.07) is 47.5. The first-order valence-corrected chi connectivity index (χ1v) is 14.9. The smallest absolute Gasteiger partial charge is 0.227 e. The van der Waals surface area contributed by atoms with E-state index in [0.717, 1.165) is 72.1 Å². The van der Waals surface area contributed by atoms with Gasteiger partial charge in [-0.2, -0.15) is 0 Å². The van der Waals surface area contributed by atoms with Crippen molar-refractivity contribution in [2.24, 2.45) is 0 Å². The van der Waals surface area contributed by atoms with E-state index in [2.05, 4.69) is 82.8 Å². The lowest BCUT2D eigenvalue weighted by atomic mass is 9.94. The van der Waals surface area contributed by atoms with Gasteiger partial charge in [-0.25, -0.2) is 15.0 Å². The number of para-hydroxylation sites is 4. The maximum absolute atomic E-state index is 6.01. The van der Waals surface area contributed by atoms with Crippen LogP contribution in [0.25, 0.3) is 88.9 Å². The first-order chi connectivity index (χ1) is 22.3. The molecule has 0 spiro atoms. The lowest BCUT2D eigenvalue weighted by molar-refractivity contribution is 0.620. The van der Waals surface area contributed by atoms with Crippen molar-refractivity contribution in [2.45, 2.75) is 0 Å². The van der Waals surface area contributed by atoms with Crippen LogP contribution in [0.4, 0.5) is 0 Å². The highest BCUT2D eigenvalue weighted by molar-refractivity contribution is 6.12. The zero-order valence-electron chi connectivity index (χ0n) is 24.1. The quantitative estimate of drug-likeness (QED) is 0.195. The molecule has 0 atom stereocenters. The largest absolute Gasteiger partial charge is 0.436 e. The molecule has 0 saturated heterocycles. The summed E-state index contributed by atoms with van der Waals surface area (Å²) >= 11 is 0. The van der Waals surface area contributed by atoms with Gasteiger partial charge in [-0.3, -0.25) is 4.98 Å². The van der Waals surface area contributed by atoms with Crippen LogP contribution >= 0.6 is 0 Å². The van der Waals surface area contributed by atoms with Gasteiger partial charge in [0.2, 0.25) is 5.89 Å². The molecule has 3 heterocycles. The van der Waals surface area contributed by atoms with E-state index in [1.807, 2.05) is 72.9 Å². The first-order valence-electron chi connectivity index (χ1n) is 14.9. The van der Waals surface area contributed by atoms with Gasteiger partial charge in [-0.1, -0.05) is 91.0 Å². The van der Waals surface area contributed by atoms with E-state index < -0.39 is 0 Å². The number of fused-ring (bicyclic) bond motifs is 5. The minimum absolute atomic E-state index is 0.597. The SMILES string of the molecule is c1cnc2c(c1)cc(-c1ccc(-c3nc4ccccc4nc3-c3ccc(-c4nc5ccccc5o4)cc3)cc1)c1ccccc12. The average Bonchev–Trinajstić information content (AvgIpc) is 3.56. The Balaban J connectivity index is 1.15. The molecule has 0 N–H and O–H groups in total. The van der Waals surface area contributed by atoms with Crippen molar-refractivity contribution in [3.8, 4) is 45.1 Å². The van der Waals surface area contributed by atoms with Crippen molar-refractivity contribution in [3.63, 3.8) is 0 Å². The summed E-state index contributed by atoms with van der Waals surface area (Å²) in [5.41, 5.74) is 11.2. The summed E-state index contributed by atoms with van der Waals surface area (Å²) in [5, 5.41) is 3.46. The van der Waals surface area contributed by atoms with Gasteiger partial charge in [0.15, 0.2) is 5.58 Å². The molecule has 5 nitrogen and oxygen atoms in total. The second-order valence-electron chi connectivity index (χ2n) is 11.1. The van der Waals surface area contributed by atoms with Crippen LogP contribution in [0.5, 0.6) is 0 Å². The maximum atomic E-state index is 6.01. The second-order valence-corrected chi connectivity index (χ2v) is 11.1. The van der Waals surface area contributed by atoms with Crippen molar-refractivity contribution in [1.29, 1.82) is 0 Å². The van der Waals surface area contributed by atoms with Crippen molar-refractivity contribution in [1.82, 2.24) is 19.9 Å². The Morgan fingerprint density at radius 2 is 1.02 bits per heavy atom. The number of oxazole rings is 1. The third-order valence-corrected chi connectivity index (χ3v) is 8.35. The van der Waals surface area contributed by atoms with E-state index in [1.165, 1.54) is 10.9 Å². The number of aromatic nitrogens is 4. The van der Waals surface area contributed by atoms with E-state index in [4.69, 9.17) is 14.4 Å². The van der Waals surface area contributed by atoms with Gasteiger partial charge >= 0.3 is 0 Å². The Bertz CT molecular complexity index is 2500. The molecular formula is C40H24N4O. The van der Waals surface area contributed by atoms with Gasteiger partial charge < -0.3 is 4.42 Å². The monoisotopic (exact) mass is 576 g/mol. The molecule has 0 bridgehead atoms. The first kappa shape index (κ1) is 25.3. The number of benzene rings is 6. The Morgan fingerprint density at radius 3 is 1.71 bits per heavy atom. The second kappa shape index (κ2) is 10.2. The zero-order valence-corrected chi connectivity index (χ0v) is 24.1. The van der Waals surface area contributed by atoms with Gasteiger partial charge in [-0.15, -0.1) is 0 Å². The standard InChI is InChI=1S/C40H24N4O/c1-2-10-31-30(9-1)32(24-29-8-7-23-41-37(29)31)25-15-17-26(18-16-25)38-39(43-34-12-4-3-11-33(34)42-38)27-19-21-28(22-20-27)40-44-35-13-5-6-14-36(35)45-40/h1-24H. The summed E-state index contributed by atoms with van der Waals surface area (Å²) in [6.45, 7) is 0. The normalized spacial score (nSPS) is 11.6. The highest BCUT2D eigenvalue weighted by Gasteiger charge is 2.16. The van der Waals surface area contributed by atoms with E-state index in [-0.39, 0.29) is 0 Å². The van der Waals surface area contributed by atoms with Crippen LogP contribution in [0.15, 0.2) is 150 Å². The summed E-state index contributed by atoms with van der Waals surface area (Å²) < 4.78 is 6.01. The Kier molecular flexibility index (Phi) is 5.74. The zero-order chi connectivity index (χ0) is 29.7. The van der Waals surface area contributed by atoms with Crippen molar-refractivity contribution in [2.75, 3.05) is 0 Å². The molecule has 210 valence electrons. The predicted molar refractivity (Wildman–Crippen MR) is 182 cm³/mol. The van der Waals surface area contributed by atoms with E-state index in [0.29, 0.717) is 5.89 Å². The topological polar surface area (TPSA) is 64.7 Å². The van der Waals surface area contributed by atoms with E-state index in [1.54, 1.807) is 0 Å². The number of nitrogens with zero attached hydrogens (tertiary/aromatic N) is 4. The summed E-state index contributed by atoms with van der Waals surface area (Å²) in [4.78, 5) is 19.6. The molecular weight excluding hydrogens is 552 g/mol. The lowest BCUT2D eigenvalue weighted by Crippen LogP contribution is -1.95. The fraction of sp³-hybridized carbons (Fsp3) is 0. The molecule has 0 fully saturated rings. The molecule has 9 aromatic rings. The maximum Gasteiger partial charge on any atom is 0.227 e. The highest BCUT2D eigenvalue weighted by Crippen LogP contribution is 2.37. The lowest BCUT2D eigenvalue weighted by Gasteiger charge is -2.13. The van der Waals surface area contributed by atoms with Crippen molar-refractivity contribution in [3.05, 3.63) is 146 Å². The summed E-state index contributed by atoms with van der Waals surface area (Å²) in [7, 11) is 0. The Hall–Kier alpha value is -6.20. The molecule has 3 aromatic heterocycles. The number of rotatable bonds is 4. The molecule has 0 amide bonds. The summed E-state index contributed by atoms with van der Waals surface area (Å²) in [5.74, 6) is 0.597.